The average Bonchev–Trinajstić information content (AvgIpc) is 2.34. The van der Waals surface area contributed by atoms with Gasteiger partial charge in [-0.3, -0.25) is 0 Å². The summed E-state index contributed by atoms with van der Waals surface area (Å²) in [4.78, 5) is 6.77. The van der Waals surface area contributed by atoms with Crippen LogP contribution in [0.3, 0.4) is 0 Å². The van der Waals surface area contributed by atoms with Gasteiger partial charge in [-0.05, 0) is 0 Å². The number of nitrogens with one attached hydrogen (secondary N) is 1. The minimum absolute atomic E-state index is 0.682. The first kappa shape index (κ1) is 6.51. The summed E-state index contributed by atoms with van der Waals surface area (Å²) in [6, 6.07) is 0. The molecule has 9 heavy (non-hydrogen) atoms. The Morgan fingerprint density at radius 1 is 1.44 bits per heavy atom. The largest absolute Gasteiger partial charge is 0.338 e. The zero-order valence-electron chi connectivity index (χ0n) is 4.50. The first-order chi connectivity index (χ1) is 4.36. The summed E-state index contributed by atoms with van der Waals surface area (Å²) in [5.74, 6) is 0.682. The predicted molar refractivity (Wildman–Crippen MR) is 44.1 cm³/mol. The number of rotatable bonds is 2. The van der Waals surface area contributed by atoms with Gasteiger partial charge in [0.1, 0.15) is 5.82 Å². The SMILES string of the molecule is S=Cc1cnc(C=S)[nH]1. The maximum absolute atomic E-state index is 4.64. The highest BCUT2D eigenvalue weighted by molar-refractivity contribution is 7.79. The fourth-order valence-electron chi connectivity index (χ4n) is 0.471. The van der Waals surface area contributed by atoms with Gasteiger partial charge in [0, 0.05) is 10.7 Å². The lowest BCUT2D eigenvalue weighted by atomic mass is 10.6. The maximum atomic E-state index is 4.64. The van der Waals surface area contributed by atoms with Crippen molar-refractivity contribution in [2.75, 3.05) is 0 Å². The molecule has 0 aliphatic carbocycles. The topological polar surface area (TPSA) is 28.7 Å². The molecule has 0 atom stereocenters. The van der Waals surface area contributed by atoms with Crippen molar-refractivity contribution in [2.24, 2.45) is 0 Å². The summed E-state index contributed by atoms with van der Waals surface area (Å²) < 4.78 is 0. The summed E-state index contributed by atoms with van der Waals surface area (Å²) in [5.41, 5.74) is 0.820. The Hall–Kier alpha value is -0.610. The van der Waals surface area contributed by atoms with Crippen LogP contribution in [0.15, 0.2) is 6.20 Å². The zero-order valence-corrected chi connectivity index (χ0v) is 6.13. The molecular formula is C5H4N2S2. The monoisotopic (exact) mass is 156 g/mol. The molecule has 0 aliphatic heterocycles. The maximum Gasteiger partial charge on any atom is 0.141 e. The fourth-order valence-corrected chi connectivity index (χ4v) is 0.711. The van der Waals surface area contributed by atoms with Crippen LogP contribution in [0.1, 0.15) is 11.5 Å². The number of hydrogen-bond acceptors (Lipinski definition) is 3. The van der Waals surface area contributed by atoms with Crippen LogP contribution in [0.2, 0.25) is 0 Å². The van der Waals surface area contributed by atoms with Crippen LogP contribution < -0.4 is 0 Å². The molecule has 1 heterocycles. The smallest absolute Gasteiger partial charge is 0.141 e. The second kappa shape index (κ2) is 2.80. The van der Waals surface area contributed by atoms with Crippen molar-refractivity contribution >= 4 is 35.2 Å². The van der Waals surface area contributed by atoms with E-state index in [1.54, 1.807) is 6.20 Å². The quantitative estimate of drug-likeness (QED) is 0.650. The van der Waals surface area contributed by atoms with E-state index in [2.05, 4.69) is 34.4 Å². The third kappa shape index (κ3) is 1.40. The molecule has 0 spiro atoms. The van der Waals surface area contributed by atoms with Crippen LogP contribution in [0.5, 0.6) is 0 Å². The molecule has 0 bridgehead atoms. The lowest BCUT2D eigenvalue weighted by Crippen LogP contribution is -1.80. The number of thiocarbonyl (C=S) groups is 2. The van der Waals surface area contributed by atoms with Crippen molar-refractivity contribution in [3.05, 3.63) is 17.7 Å². The van der Waals surface area contributed by atoms with E-state index < -0.39 is 0 Å². The summed E-state index contributed by atoms with van der Waals surface area (Å²) in [7, 11) is 0. The van der Waals surface area contributed by atoms with Gasteiger partial charge in [0.25, 0.3) is 0 Å². The molecule has 0 unspecified atom stereocenters. The van der Waals surface area contributed by atoms with Crippen molar-refractivity contribution in [1.29, 1.82) is 0 Å². The molecule has 46 valence electrons. The summed E-state index contributed by atoms with van der Waals surface area (Å²) in [6.45, 7) is 0. The highest BCUT2D eigenvalue weighted by Gasteiger charge is 1.90. The van der Waals surface area contributed by atoms with Gasteiger partial charge in [-0.15, -0.1) is 0 Å². The number of H-pyrrole nitrogens is 1. The fraction of sp³-hybridized carbons (Fsp3) is 0. The Labute approximate surface area is 63.3 Å². The second-order valence-electron chi connectivity index (χ2n) is 1.46. The van der Waals surface area contributed by atoms with E-state index >= 15 is 0 Å². The zero-order chi connectivity index (χ0) is 6.69. The van der Waals surface area contributed by atoms with Crippen LogP contribution >= 0.6 is 24.4 Å². The number of aromatic nitrogens is 2. The lowest BCUT2D eigenvalue weighted by molar-refractivity contribution is 1.28. The summed E-state index contributed by atoms with van der Waals surface area (Å²) in [5, 5.41) is 3.00. The van der Waals surface area contributed by atoms with Gasteiger partial charge in [0.2, 0.25) is 0 Å². The average molecular weight is 156 g/mol. The van der Waals surface area contributed by atoms with Crippen LogP contribution in [0.25, 0.3) is 0 Å². The highest BCUT2D eigenvalue weighted by Crippen LogP contribution is 1.90. The van der Waals surface area contributed by atoms with Crippen molar-refractivity contribution in [2.45, 2.75) is 0 Å². The molecule has 0 amide bonds. The van der Waals surface area contributed by atoms with Gasteiger partial charge in [-0.1, -0.05) is 24.4 Å². The van der Waals surface area contributed by atoms with Gasteiger partial charge in [0.15, 0.2) is 0 Å². The Morgan fingerprint density at radius 2 is 2.22 bits per heavy atom. The van der Waals surface area contributed by atoms with E-state index in [0.29, 0.717) is 5.82 Å². The standard InChI is InChI=1S/C5H4N2S2/c8-2-4-1-6-5(3-9)7-4/h1-3H,(H,6,7). The summed E-state index contributed by atoms with van der Waals surface area (Å²) >= 11 is 9.25. The van der Waals surface area contributed by atoms with Crippen LogP contribution in [0.4, 0.5) is 0 Å². The van der Waals surface area contributed by atoms with Crippen molar-refractivity contribution in [1.82, 2.24) is 9.97 Å². The molecule has 4 heteroatoms. The normalized spacial score (nSPS) is 8.89. The van der Waals surface area contributed by atoms with Crippen molar-refractivity contribution in [3.8, 4) is 0 Å². The Balaban J connectivity index is 2.98. The third-order valence-electron chi connectivity index (χ3n) is 0.854. The van der Waals surface area contributed by atoms with Gasteiger partial charge < -0.3 is 4.98 Å². The Bertz CT molecular complexity index is 206. The van der Waals surface area contributed by atoms with E-state index in [-0.39, 0.29) is 0 Å². The molecule has 0 aliphatic rings. The Morgan fingerprint density at radius 3 is 2.56 bits per heavy atom. The van der Waals surface area contributed by atoms with Crippen molar-refractivity contribution < 1.29 is 0 Å². The second-order valence-corrected chi connectivity index (χ2v) is 1.93. The number of hydrogen-bond donors (Lipinski definition) is 1. The molecule has 2 nitrogen and oxygen atoms in total. The molecule has 1 aromatic rings. The minimum atomic E-state index is 0.682. The van der Waals surface area contributed by atoms with E-state index in [9.17, 15) is 0 Å². The highest BCUT2D eigenvalue weighted by atomic mass is 32.1. The molecule has 0 radical (unpaired) electrons. The van der Waals surface area contributed by atoms with Gasteiger partial charge >= 0.3 is 0 Å². The van der Waals surface area contributed by atoms with Crippen LogP contribution in [0, 0.1) is 0 Å². The van der Waals surface area contributed by atoms with Crippen molar-refractivity contribution in [3.63, 3.8) is 0 Å². The number of imidazole rings is 1. The lowest BCUT2D eigenvalue weighted by Gasteiger charge is -1.76. The minimum Gasteiger partial charge on any atom is -0.338 e. The molecular weight excluding hydrogens is 152 g/mol. The number of nitrogens with zero attached hydrogens (tertiary/aromatic N) is 1. The number of aromatic amines is 1. The first-order valence-corrected chi connectivity index (χ1v) is 3.26. The molecule has 0 aromatic carbocycles. The molecule has 0 saturated carbocycles. The summed E-state index contributed by atoms with van der Waals surface area (Å²) in [6.07, 6.45) is 1.64. The van der Waals surface area contributed by atoms with E-state index in [1.807, 2.05) is 0 Å². The molecule has 1 N–H and O–H groups in total. The third-order valence-corrected chi connectivity index (χ3v) is 1.33. The van der Waals surface area contributed by atoms with Gasteiger partial charge in [-0.2, -0.15) is 0 Å². The van der Waals surface area contributed by atoms with E-state index in [1.165, 1.54) is 10.7 Å². The molecule has 1 aromatic heterocycles. The molecule has 0 fully saturated rings. The molecule has 0 saturated heterocycles. The van der Waals surface area contributed by atoms with Crippen LogP contribution in [-0.4, -0.2) is 20.7 Å². The van der Waals surface area contributed by atoms with Gasteiger partial charge in [-0.25, -0.2) is 4.98 Å². The van der Waals surface area contributed by atoms with Gasteiger partial charge in [0.05, 0.1) is 11.9 Å². The first-order valence-electron chi connectivity index (χ1n) is 2.32. The predicted octanol–water partition coefficient (Wildman–Crippen LogP) is 1.11. The van der Waals surface area contributed by atoms with E-state index in [4.69, 9.17) is 0 Å². The molecule has 1 rings (SSSR count). The Kier molecular flexibility index (Phi) is 2.02. The van der Waals surface area contributed by atoms with E-state index in [0.717, 1.165) is 5.69 Å². The van der Waals surface area contributed by atoms with Crippen LogP contribution in [-0.2, 0) is 0 Å².